The van der Waals surface area contributed by atoms with Crippen LogP contribution in [0.25, 0.3) is 0 Å². The Morgan fingerprint density at radius 3 is 2.79 bits per heavy atom. The molecule has 3 nitrogen and oxygen atoms in total. The Bertz CT molecular complexity index is 223. The zero-order chi connectivity index (χ0) is 9.97. The Balaban J connectivity index is 1.87. The number of hydrogen-bond acceptors (Lipinski definition) is 3. The third-order valence-corrected chi connectivity index (χ3v) is 3.29. The molecular formula is C11H19N3. The van der Waals surface area contributed by atoms with Crippen LogP contribution in [0.1, 0.15) is 32.6 Å². The van der Waals surface area contributed by atoms with E-state index in [1.165, 1.54) is 25.7 Å². The van der Waals surface area contributed by atoms with Crippen LogP contribution in [0.5, 0.6) is 0 Å². The molecule has 1 aliphatic heterocycles. The van der Waals surface area contributed by atoms with Gasteiger partial charge in [-0.05, 0) is 39.2 Å². The van der Waals surface area contributed by atoms with E-state index in [0.29, 0.717) is 12.1 Å². The van der Waals surface area contributed by atoms with Gasteiger partial charge in [0.15, 0.2) is 0 Å². The second-order valence-electron chi connectivity index (χ2n) is 4.53. The molecule has 0 bridgehead atoms. The van der Waals surface area contributed by atoms with E-state index in [0.717, 1.165) is 13.1 Å². The molecule has 0 aromatic carbocycles. The van der Waals surface area contributed by atoms with E-state index in [-0.39, 0.29) is 6.04 Å². The summed E-state index contributed by atoms with van der Waals surface area (Å²) in [7, 11) is 0. The summed E-state index contributed by atoms with van der Waals surface area (Å²) < 4.78 is 0. The molecule has 1 aliphatic carbocycles. The summed E-state index contributed by atoms with van der Waals surface area (Å²) in [6, 6.07) is 3.78. The van der Waals surface area contributed by atoms with Gasteiger partial charge in [-0.3, -0.25) is 4.90 Å². The molecule has 0 spiro atoms. The molecule has 2 rings (SSSR count). The maximum atomic E-state index is 8.94. The summed E-state index contributed by atoms with van der Waals surface area (Å²) in [5.41, 5.74) is 0. The average molecular weight is 193 g/mol. The zero-order valence-corrected chi connectivity index (χ0v) is 8.87. The maximum Gasteiger partial charge on any atom is 0.0952 e. The molecule has 2 atom stereocenters. The van der Waals surface area contributed by atoms with Crippen molar-refractivity contribution in [1.29, 1.82) is 5.26 Å². The van der Waals surface area contributed by atoms with Crippen molar-refractivity contribution in [1.82, 2.24) is 10.2 Å². The van der Waals surface area contributed by atoms with Crippen LogP contribution in [0, 0.1) is 11.3 Å². The van der Waals surface area contributed by atoms with Gasteiger partial charge in [0.1, 0.15) is 0 Å². The molecule has 2 unspecified atom stereocenters. The lowest BCUT2D eigenvalue weighted by Gasteiger charge is -2.27. The second-order valence-corrected chi connectivity index (χ2v) is 4.53. The molecule has 78 valence electrons. The fourth-order valence-corrected chi connectivity index (χ4v) is 2.27. The highest BCUT2D eigenvalue weighted by Gasteiger charge is 2.33. The van der Waals surface area contributed by atoms with E-state index in [1.54, 1.807) is 0 Å². The molecule has 2 fully saturated rings. The van der Waals surface area contributed by atoms with Crippen LogP contribution >= 0.6 is 0 Å². The normalized spacial score (nSPS) is 29.1. The third-order valence-electron chi connectivity index (χ3n) is 3.29. The molecule has 14 heavy (non-hydrogen) atoms. The lowest BCUT2D eigenvalue weighted by molar-refractivity contribution is 0.214. The Labute approximate surface area is 86.1 Å². The van der Waals surface area contributed by atoms with E-state index in [9.17, 15) is 0 Å². The van der Waals surface area contributed by atoms with Crippen molar-refractivity contribution in [2.24, 2.45) is 0 Å². The Kier molecular flexibility index (Phi) is 3.05. The van der Waals surface area contributed by atoms with Gasteiger partial charge in [-0.1, -0.05) is 0 Å². The van der Waals surface area contributed by atoms with Gasteiger partial charge in [-0.25, -0.2) is 0 Å². The molecule has 0 radical (unpaired) electrons. The van der Waals surface area contributed by atoms with Gasteiger partial charge in [0.05, 0.1) is 12.1 Å². The topological polar surface area (TPSA) is 39.1 Å². The van der Waals surface area contributed by atoms with Crippen molar-refractivity contribution in [3.63, 3.8) is 0 Å². The van der Waals surface area contributed by atoms with Gasteiger partial charge in [-0.2, -0.15) is 5.26 Å². The maximum absolute atomic E-state index is 8.94. The fraction of sp³-hybridized carbons (Fsp3) is 0.909. The molecule has 0 aromatic heterocycles. The SMILES string of the molecule is CC(C#N)N(CC1CCCN1)C1CC1. The fourth-order valence-electron chi connectivity index (χ4n) is 2.27. The second kappa shape index (κ2) is 4.29. The Morgan fingerprint density at radius 1 is 1.50 bits per heavy atom. The summed E-state index contributed by atoms with van der Waals surface area (Å²) >= 11 is 0. The third kappa shape index (κ3) is 2.26. The molecule has 1 saturated carbocycles. The van der Waals surface area contributed by atoms with Crippen LogP contribution in [-0.4, -0.2) is 36.1 Å². The summed E-state index contributed by atoms with van der Waals surface area (Å²) in [6.07, 6.45) is 5.16. The first kappa shape index (κ1) is 9.95. The first-order valence-corrected chi connectivity index (χ1v) is 5.70. The van der Waals surface area contributed by atoms with Crippen LogP contribution in [0.4, 0.5) is 0 Å². The van der Waals surface area contributed by atoms with Gasteiger partial charge in [-0.15, -0.1) is 0 Å². The van der Waals surface area contributed by atoms with Gasteiger partial charge in [0.25, 0.3) is 0 Å². The van der Waals surface area contributed by atoms with Crippen LogP contribution < -0.4 is 5.32 Å². The summed E-state index contributed by atoms with van der Waals surface area (Å²) in [4.78, 5) is 2.38. The van der Waals surface area contributed by atoms with Crippen molar-refractivity contribution < 1.29 is 0 Å². The quantitative estimate of drug-likeness (QED) is 0.727. The molecule has 0 aromatic rings. The Morgan fingerprint density at radius 2 is 2.29 bits per heavy atom. The van der Waals surface area contributed by atoms with Crippen LogP contribution in [0.15, 0.2) is 0 Å². The van der Waals surface area contributed by atoms with Crippen molar-refractivity contribution >= 4 is 0 Å². The number of nitriles is 1. The average Bonchev–Trinajstić information content (AvgIpc) is 2.92. The molecule has 2 aliphatic rings. The molecule has 1 heterocycles. The first-order valence-electron chi connectivity index (χ1n) is 5.70. The van der Waals surface area contributed by atoms with Gasteiger partial charge in [0, 0.05) is 18.6 Å². The largest absolute Gasteiger partial charge is 0.313 e. The summed E-state index contributed by atoms with van der Waals surface area (Å²) in [5.74, 6) is 0. The summed E-state index contributed by atoms with van der Waals surface area (Å²) in [5, 5.41) is 12.4. The lowest BCUT2D eigenvalue weighted by atomic mass is 10.2. The van der Waals surface area contributed by atoms with E-state index >= 15 is 0 Å². The highest BCUT2D eigenvalue weighted by atomic mass is 15.2. The first-order chi connectivity index (χ1) is 6.81. The molecule has 1 saturated heterocycles. The Hall–Kier alpha value is -0.590. The van der Waals surface area contributed by atoms with E-state index in [1.807, 2.05) is 6.92 Å². The minimum Gasteiger partial charge on any atom is -0.313 e. The summed E-state index contributed by atoms with van der Waals surface area (Å²) in [6.45, 7) is 4.25. The van der Waals surface area contributed by atoms with Gasteiger partial charge < -0.3 is 5.32 Å². The highest BCUT2D eigenvalue weighted by Crippen LogP contribution is 2.29. The van der Waals surface area contributed by atoms with E-state index in [2.05, 4.69) is 16.3 Å². The number of hydrogen-bond donors (Lipinski definition) is 1. The van der Waals surface area contributed by atoms with Crippen molar-refractivity contribution in [2.75, 3.05) is 13.1 Å². The molecule has 3 heteroatoms. The lowest BCUT2D eigenvalue weighted by Crippen LogP contribution is -2.43. The monoisotopic (exact) mass is 193 g/mol. The predicted molar refractivity (Wildman–Crippen MR) is 55.8 cm³/mol. The standard InChI is InChI=1S/C11H19N3/c1-9(7-12)14(11-4-5-11)8-10-3-2-6-13-10/h9-11,13H,2-6,8H2,1H3. The minimum absolute atomic E-state index is 0.0879. The van der Waals surface area contributed by atoms with Crippen molar-refractivity contribution in [2.45, 2.75) is 50.7 Å². The van der Waals surface area contributed by atoms with Crippen LogP contribution in [0.3, 0.4) is 0 Å². The molecule has 0 amide bonds. The minimum atomic E-state index is 0.0879. The van der Waals surface area contributed by atoms with Crippen LogP contribution in [0.2, 0.25) is 0 Å². The molecule has 1 N–H and O–H groups in total. The van der Waals surface area contributed by atoms with E-state index < -0.39 is 0 Å². The number of nitrogens with zero attached hydrogens (tertiary/aromatic N) is 2. The molecular weight excluding hydrogens is 174 g/mol. The highest BCUT2D eigenvalue weighted by molar-refractivity contribution is 4.97. The van der Waals surface area contributed by atoms with Crippen molar-refractivity contribution in [3.05, 3.63) is 0 Å². The van der Waals surface area contributed by atoms with Gasteiger partial charge in [0.2, 0.25) is 0 Å². The number of nitrogens with one attached hydrogen (secondary N) is 1. The van der Waals surface area contributed by atoms with Crippen molar-refractivity contribution in [3.8, 4) is 6.07 Å². The van der Waals surface area contributed by atoms with E-state index in [4.69, 9.17) is 5.26 Å². The smallest absolute Gasteiger partial charge is 0.0952 e. The van der Waals surface area contributed by atoms with Gasteiger partial charge >= 0.3 is 0 Å². The number of rotatable bonds is 4. The predicted octanol–water partition coefficient (Wildman–Crippen LogP) is 1.11. The van der Waals surface area contributed by atoms with Crippen LogP contribution in [-0.2, 0) is 0 Å². The zero-order valence-electron chi connectivity index (χ0n) is 8.87.